The van der Waals surface area contributed by atoms with Gasteiger partial charge in [0.05, 0.1) is 106 Å². The van der Waals surface area contributed by atoms with Gasteiger partial charge in [0.2, 0.25) is 0 Å². The van der Waals surface area contributed by atoms with Crippen molar-refractivity contribution in [1.29, 1.82) is 0 Å². The number of ether oxygens (including phenoxy) is 13. The predicted molar refractivity (Wildman–Crippen MR) is 162 cm³/mol. The fraction of sp³-hybridized carbons (Fsp3) is 1.00. The highest BCUT2D eigenvalue weighted by atomic mass is 16.7. The molecule has 0 aliphatic heterocycles. The number of rotatable bonds is 40. The van der Waals surface area contributed by atoms with Crippen molar-refractivity contribution in [1.82, 2.24) is 0 Å². The Hall–Kier alpha value is -0.840. The molecule has 21 nitrogen and oxygen atoms in total. The summed E-state index contributed by atoms with van der Waals surface area (Å²) < 4.78 is 69.4. The fourth-order valence-electron chi connectivity index (χ4n) is 3.71. The van der Waals surface area contributed by atoms with Gasteiger partial charge in [-0.1, -0.05) is 0 Å². The van der Waals surface area contributed by atoms with E-state index in [1.807, 2.05) is 0 Å². The molecule has 49 heavy (non-hydrogen) atoms. The largest absolute Gasteiger partial charge is 0.394 e. The second kappa shape index (κ2) is 36.9. The van der Waals surface area contributed by atoms with Gasteiger partial charge in [0, 0.05) is 0 Å². The van der Waals surface area contributed by atoms with Crippen LogP contribution in [0, 0.1) is 0 Å². The van der Waals surface area contributed by atoms with Gasteiger partial charge in [0.15, 0.2) is 0 Å². The Kier molecular flexibility index (Phi) is 36.3. The standard InChI is InChI=1S/C28H58O21/c29-1-3-37-5-23(44-17-31)7-39-9-25(46-19-33)11-41-13-27(48-21-35)15-43-16-28(49-22-36)14-42-12-26(47-20-34)10-40-8-24(45-18-32)6-38-4-2-30/h23-36H,1-22H2. The summed E-state index contributed by atoms with van der Waals surface area (Å²) in [6.45, 7) is -3.55. The zero-order valence-corrected chi connectivity index (χ0v) is 27.9. The van der Waals surface area contributed by atoms with Crippen molar-refractivity contribution in [3.05, 3.63) is 0 Å². The van der Waals surface area contributed by atoms with Crippen LogP contribution in [0.2, 0.25) is 0 Å². The smallest absolute Gasteiger partial charge is 0.144 e. The molecule has 8 N–H and O–H groups in total. The lowest BCUT2D eigenvalue weighted by atomic mass is 10.3. The van der Waals surface area contributed by atoms with Gasteiger partial charge in [0.1, 0.15) is 77.4 Å². The van der Waals surface area contributed by atoms with Crippen LogP contribution in [0.4, 0.5) is 0 Å². The molecule has 0 spiro atoms. The van der Waals surface area contributed by atoms with Gasteiger partial charge in [0.25, 0.3) is 0 Å². The molecule has 0 fully saturated rings. The maximum absolute atomic E-state index is 9.27. The minimum absolute atomic E-state index is 0.00338. The summed E-state index contributed by atoms with van der Waals surface area (Å²) >= 11 is 0. The highest BCUT2D eigenvalue weighted by Gasteiger charge is 2.19. The van der Waals surface area contributed by atoms with Gasteiger partial charge < -0.3 is 102 Å². The molecule has 0 aromatic carbocycles. The van der Waals surface area contributed by atoms with Crippen molar-refractivity contribution >= 4 is 0 Å². The first-order valence-corrected chi connectivity index (χ1v) is 15.6. The van der Waals surface area contributed by atoms with E-state index in [2.05, 4.69) is 0 Å². The summed E-state index contributed by atoms with van der Waals surface area (Å²) in [5, 5.41) is 72.6. The quantitative estimate of drug-likeness (QED) is 0.0217. The number of aliphatic hydroxyl groups excluding tert-OH is 8. The van der Waals surface area contributed by atoms with Crippen molar-refractivity contribution < 1.29 is 102 Å². The van der Waals surface area contributed by atoms with E-state index in [1.54, 1.807) is 0 Å². The molecule has 0 radical (unpaired) electrons. The highest BCUT2D eigenvalue weighted by molar-refractivity contribution is 4.64. The monoisotopic (exact) mass is 730 g/mol. The average molecular weight is 731 g/mol. The van der Waals surface area contributed by atoms with E-state index in [-0.39, 0.29) is 106 Å². The molecular weight excluding hydrogens is 672 g/mol. The summed E-state index contributed by atoms with van der Waals surface area (Å²) in [7, 11) is 0. The molecule has 0 aromatic rings. The van der Waals surface area contributed by atoms with Crippen LogP contribution in [-0.4, -0.2) is 224 Å². The lowest BCUT2D eigenvalue weighted by Crippen LogP contribution is -2.35. The van der Waals surface area contributed by atoms with E-state index in [9.17, 15) is 20.4 Å². The molecule has 6 unspecified atom stereocenters. The van der Waals surface area contributed by atoms with Gasteiger partial charge in [-0.25, -0.2) is 0 Å². The average Bonchev–Trinajstić information content (AvgIpc) is 3.08. The third-order valence-electron chi connectivity index (χ3n) is 5.98. The van der Waals surface area contributed by atoms with E-state index in [4.69, 9.17) is 82.0 Å². The number of hydrogen-bond acceptors (Lipinski definition) is 21. The van der Waals surface area contributed by atoms with Crippen LogP contribution in [0.1, 0.15) is 0 Å². The molecule has 0 aromatic heterocycles. The van der Waals surface area contributed by atoms with Crippen molar-refractivity contribution in [3.8, 4) is 0 Å². The first-order valence-electron chi connectivity index (χ1n) is 15.6. The molecule has 0 aliphatic carbocycles. The van der Waals surface area contributed by atoms with Gasteiger partial charge in [-0.05, 0) is 0 Å². The first kappa shape index (κ1) is 48.2. The molecule has 0 aliphatic rings. The van der Waals surface area contributed by atoms with Crippen molar-refractivity contribution in [2.24, 2.45) is 0 Å². The molecule has 296 valence electrons. The second-order valence-corrected chi connectivity index (χ2v) is 9.79. The van der Waals surface area contributed by atoms with E-state index >= 15 is 0 Å². The number of aliphatic hydroxyl groups is 8. The zero-order valence-electron chi connectivity index (χ0n) is 27.9. The van der Waals surface area contributed by atoms with Gasteiger partial charge in [-0.3, -0.25) is 0 Å². The Morgan fingerprint density at radius 1 is 0.245 bits per heavy atom. The third-order valence-corrected chi connectivity index (χ3v) is 5.98. The van der Waals surface area contributed by atoms with Crippen molar-refractivity contribution in [2.45, 2.75) is 36.6 Å². The van der Waals surface area contributed by atoms with E-state index < -0.39 is 77.4 Å². The Bertz CT molecular complexity index is 603. The molecule has 0 bridgehead atoms. The number of hydrogen-bond donors (Lipinski definition) is 8. The fourth-order valence-corrected chi connectivity index (χ4v) is 3.71. The van der Waals surface area contributed by atoms with Crippen LogP contribution in [0.15, 0.2) is 0 Å². The predicted octanol–water partition coefficient (Wildman–Crippen LogP) is -4.90. The van der Waals surface area contributed by atoms with Crippen LogP contribution in [0.25, 0.3) is 0 Å². The van der Waals surface area contributed by atoms with Crippen molar-refractivity contribution in [3.63, 3.8) is 0 Å². The normalized spacial score (nSPS) is 15.7. The molecule has 0 amide bonds. The van der Waals surface area contributed by atoms with E-state index in [0.717, 1.165) is 0 Å². The minimum atomic E-state index is -0.713. The molecule has 0 saturated heterocycles. The van der Waals surface area contributed by atoms with Crippen LogP contribution < -0.4 is 0 Å². The van der Waals surface area contributed by atoms with Gasteiger partial charge in [-0.15, -0.1) is 0 Å². The van der Waals surface area contributed by atoms with Crippen molar-refractivity contribution in [2.75, 3.05) is 146 Å². The summed E-state index contributed by atoms with van der Waals surface area (Å²) in [6, 6.07) is 0. The summed E-state index contributed by atoms with van der Waals surface area (Å²) in [6.07, 6.45) is -3.98. The Morgan fingerprint density at radius 2 is 0.408 bits per heavy atom. The maximum atomic E-state index is 9.27. The first-order chi connectivity index (χ1) is 24.0. The molecule has 0 saturated carbocycles. The SMILES string of the molecule is OCCOCC(COCC(COCC(COCC(COCC(COCC(COCCO)OCO)OCO)OCO)OCO)OCO)OCO. The van der Waals surface area contributed by atoms with Gasteiger partial charge >= 0.3 is 0 Å². The maximum Gasteiger partial charge on any atom is 0.144 e. The summed E-state index contributed by atoms with van der Waals surface area (Å²) in [5.74, 6) is 0. The zero-order chi connectivity index (χ0) is 36.2. The molecular formula is C28H58O21. The topological polar surface area (TPSA) is 282 Å². The molecule has 0 heterocycles. The lowest BCUT2D eigenvalue weighted by molar-refractivity contribution is -0.158. The Balaban J connectivity index is 4.61. The molecule has 21 heteroatoms. The molecule has 0 rings (SSSR count). The van der Waals surface area contributed by atoms with E-state index in [0.29, 0.717) is 0 Å². The van der Waals surface area contributed by atoms with Crippen LogP contribution in [-0.2, 0) is 61.6 Å². The molecule has 6 atom stereocenters. The lowest BCUT2D eigenvalue weighted by Gasteiger charge is -2.23. The van der Waals surface area contributed by atoms with Crippen LogP contribution in [0.5, 0.6) is 0 Å². The highest BCUT2D eigenvalue weighted by Crippen LogP contribution is 2.05. The second-order valence-electron chi connectivity index (χ2n) is 9.79. The Morgan fingerprint density at radius 3 is 0.551 bits per heavy atom. The summed E-state index contributed by atoms with van der Waals surface area (Å²) in [5.41, 5.74) is 0. The van der Waals surface area contributed by atoms with Crippen LogP contribution in [0.3, 0.4) is 0 Å². The third kappa shape index (κ3) is 29.4. The van der Waals surface area contributed by atoms with Gasteiger partial charge in [-0.2, -0.15) is 0 Å². The van der Waals surface area contributed by atoms with Crippen LogP contribution >= 0.6 is 0 Å². The minimum Gasteiger partial charge on any atom is -0.394 e. The summed E-state index contributed by atoms with van der Waals surface area (Å²) in [4.78, 5) is 0. The van der Waals surface area contributed by atoms with E-state index in [1.165, 1.54) is 0 Å². The Labute approximate surface area is 285 Å².